The van der Waals surface area contributed by atoms with Gasteiger partial charge in [-0.3, -0.25) is 4.79 Å². The average Bonchev–Trinajstić information content (AvgIpc) is 2.88. The minimum Gasteiger partial charge on any atom is -0.393 e. The molecule has 2 rings (SSSR count). The minimum absolute atomic E-state index is 0.140. The molecule has 1 aromatic rings. The van der Waals surface area contributed by atoms with E-state index in [2.05, 4.69) is 17.4 Å². The summed E-state index contributed by atoms with van der Waals surface area (Å²) in [4.78, 5) is 12.0. The van der Waals surface area contributed by atoms with Crippen molar-refractivity contribution in [2.45, 2.75) is 50.5 Å². The number of aromatic nitrogens is 1. The molecule has 1 aliphatic rings. The predicted octanol–water partition coefficient (Wildman–Crippen LogP) is 1.96. The molecule has 0 saturated heterocycles. The van der Waals surface area contributed by atoms with Gasteiger partial charge in [0.1, 0.15) is 5.76 Å². The van der Waals surface area contributed by atoms with Crippen LogP contribution < -0.4 is 5.32 Å². The molecule has 0 spiro atoms. The Kier molecular flexibility index (Phi) is 5.27. The molecular formula is C13H20N2O3S. The number of carbonyl (C=O) groups is 1. The van der Waals surface area contributed by atoms with Gasteiger partial charge in [0.25, 0.3) is 5.91 Å². The van der Waals surface area contributed by atoms with Crippen LogP contribution in [0.4, 0.5) is 0 Å². The molecule has 0 aromatic carbocycles. The van der Waals surface area contributed by atoms with Gasteiger partial charge in [0, 0.05) is 12.1 Å². The van der Waals surface area contributed by atoms with Crippen molar-refractivity contribution in [3.05, 3.63) is 17.5 Å². The van der Waals surface area contributed by atoms with E-state index < -0.39 is 0 Å². The summed E-state index contributed by atoms with van der Waals surface area (Å²) in [5.74, 6) is 2.30. The number of nitrogens with one attached hydrogen (secondary N) is 1. The normalized spacial score (nSPS) is 23.3. The number of nitrogens with zero attached hydrogens (tertiary/aromatic N) is 1. The molecule has 0 radical (unpaired) electrons. The topological polar surface area (TPSA) is 75.4 Å². The molecule has 1 heterocycles. The Hall–Kier alpha value is -1.01. The molecule has 0 bridgehead atoms. The lowest BCUT2D eigenvalue weighted by molar-refractivity contribution is 0.0859. The summed E-state index contributed by atoms with van der Waals surface area (Å²) in [5.41, 5.74) is 0.345. The van der Waals surface area contributed by atoms with Crippen LogP contribution in [0.25, 0.3) is 0 Å². The Morgan fingerprint density at radius 2 is 2.26 bits per heavy atom. The zero-order valence-electron chi connectivity index (χ0n) is 11.1. The fourth-order valence-corrected chi connectivity index (χ4v) is 2.71. The molecule has 1 fully saturated rings. The Morgan fingerprint density at radius 3 is 2.95 bits per heavy atom. The molecule has 0 unspecified atom stereocenters. The number of aliphatic hydroxyl groups is 1. The molecule has 2 N–H and O–H groups in total. The highest BCUT2D eigenvalue weighted by Crippen LogP contribution is 2.19. The van der Waals surface area contributed by atoms with E-state index in [9.17, 15) is 9.90 Å². The van der Waals surface area contributed by atoms with Gasteiger partial charge < -0.3 is 14.9 Å². The van der Waals surface area contributed by atoms with E-state index in [0.717, 1.165) is 42.9 Å². The zero-order valence-corrected chi connectivity index (χ0v) is 11.9. The molecule has 1 saturated carbocycles. The van der Waals surface area contributed by atoms with Gasteiger partial charge in [0.05, 0.1) is 11.9 Å². The quantitative estimate of drug-likeness (QED) is 0.864. The van der Waals surface area contributed by atoms with Crippen molar-refractivity contribution in [1.82, 2.24) is 10.5 Å². The number of rotatable bonds is 5. The summed E-state index contributed by atoms with van der Waals surface area (Å²) in [6, 6.07) is 1.84. The predicted molar refractivity (Wildman–Crippen MR) is 74.1 cm³/mol. The number of hydrogen-bond donors (Lipinski definition) is 2. The van der Waals surface area contributed by atoms with E-state index in [0.29, 0.717) is 5.69 Å². The largest absolute Gasteiger partial charge is 0.393 e. The number of aliphatic hydroxyl groups excluding tert-OH is 1. The molecule has 0 atom stereocenters. The van der Waals surface area contributed by atoms with Crippen LogP contribution in [0.3, 0.4) is 0 Å². The maximum absolute atomic E-state index is 12.0. The van der Waals surface area contributed by atoms with Gasteiger partial charge in [0.15, 0.2) is 5.69 Å². The van der Waals surface area contributed by atoms with Crippen LogP contribution in [0.5, 0.6) is 0 Å². The standard InChI is InChI=1S/C13H20N2O3S/c1-2-19-8-11-7-12(15-18-11)13(17)14-9-3-5-10(16)6-4-9/h7,9-10,16H,2-6,8H2,1H3,(H,14,17). The first kappa shape index (κ1) is 14.4. The van der Waals surface area contributed by atoms with Gasteiger partial charge >= 0.3 is 0 Å². The third kappa shape index (κ3) is 4.24. The summed E-state index contributed by atoms with van der Waals surface area (Å²) >= 11 is 1.73. The monoisotopic (exact) mass is 284 g/mol. The molecule has 1 aliphatic carbocycles. The fraction of sp³-hybridized carbons (Fsp3) is 0.692. The van der Waals surface area contributed by atoms with Crippen LogP contribution in [0.2, 0.25) is 0 Å². The van der Waals surface area contributed by atoms with E-state index >= 15 is 0 Å². The van der Waals surface area contributed by atoms with E-state index in [1.165, 1.54) is 0 Å². The first-order chi connectivity index (χ1) is 9.19. The zero-order chi connectivity index (χ0) is 13.7. The highest BCUT2D eigenvalue weighted by molar-refractivity contribution is 7.98. The lowest BCUT2D eigenvalue weighted by Gasteiger charge is -2.25. The molecule has 0 aliphatic heterocycles. The first-order valence-electron chi connectivity index (χ1n) is 6.71. The molecule has 5 nitrogen and oxygen atoms in total. The number of carbonyl (C=O) groups excluding carboxylic acids is 1. The molecule has 1 aromatic heterocycles. The first-order valence-corrected chi connectivity index (χ1v) is 7.86. The van der Waals surface area contributed by atoms with Crippen LogP contribution in [-0.4, -0.2) is 34.1 Å². The van der Waals surface area contributed by atoms with Crippen LogP contribution in [0.15, 0.2) is 10.6 Å². The van der Waals surface area contributed by atoms with E-state index in [1.807, 2.05) is 0 Å². The van der Waals surface area contributed by atoms with Crippen molar-refractivity contribution in [2.75, 3.05) is 5.75 Å². The summed E-state index contributed by atoms with van der Waals surface area (Å²) in [5, 5.41) is 16.2. The summed E-state index contributed by atoms with van der Waals surface area (Å²) < 4.78 is 5.12. The van der Waals surface area contributed by atoms with E-state index in [-0.39, 0.29) is 18.1 Å². The molecule has 106 valence electrons. The SMILES string of the molecule is CCSCc1cc(C(=O)NC2CCC(O)CC2)no1. The highest BCUT2D eigenvalue weighted by atomic mass is 32.2. The summed E-state index contributed by atoms with van der Waals surface area (Å²) in [7, 11) is 0. The molecular weight excluding hydrogens is 264 g/mol. The summed E-state index contributed by atoms with van der Waals surface area (Å²) in [6.45, 7) is 2.08. The van der Waals surface area contributed by atoms with Gasteiger partial charge in [-0.2, -0.15) is 11.8 Å². The van der Waals surface area contributed by atoms with Crippen LogP contribution in [-0.2, 0) is 5.75 Å². The van der Waals surface area contributed by atoms with Crippen molar-refractivity contribution in [2.24, 2.45) is 0 Å². The van der Waals surface area contributed by atoms with Gasteiger partial charge in [-0.05, 0) is 31.4 Å². The van der Waals surface area contributed by atoms with Crippen molar-refractivity contribution >= 4 is 17.7 Å². The Labute approximate surface area is 117 Å². The Morgan fingerprint density at radius 1 is 1.53 bits per heavy atom. The van der Waals surface area contributed by atoms with Crippen molar-refractivity contribution in [1.29, 1.82) is 0 Å². The smallest absolute Gasteiger partial charge is 0.273 e. The second-order valence-electron chi connectivity index (χ2n) is 4.79. The van der Waals surface area contributed by atoms with Crippen LogP contribution >= 0.6 is 11.8 Å². The number of hydrogen-bond acceptors (Lipinski definition) is 5. The molecule has 19 heavy (non-hydrogen) atoms. The van der Waals surface area contributed by atoms with Gasteiger partial charge in [-0.25, -0.2) is 0 Å². The maximum atomic E-state index is 12.0. The van der Waals surface area contributed by atoms with Crippen LogP contribution in [0.1, 0.15) is 48.9 Å². The number of amides is 1. The van der Waals surface area contributed by atoms with Gasteiger partial charge in [-0.1, -0.05) is 12.1 Å². The second kappa shape index (κ2) is 6.96. The lowest BCUT2D eigenvalue weighted by Crippen LogP contribution is -2.38. The number of thioether (sulfide) groups is 1. The third-order valence-electron chi connectivity index (χ3n) is 3.27. The average molecular weight is 284 g/mol. The van der Waals surface area contributed by atoms with E-state index in [1.54, 1.807) is 17.8 Å². The van der Waals surface area contributed by atoms with Gasteiger partial charge in [0.2, 0.25) is 0 Å². The van der Waals surface area contributed by atoms with Crippen molar-refractivity contribution < 1.29 is 14.4 Å². The van der Waals surface area contributed by atoms with Crippen molar-refractivity contribution in [3.8, 4) is 0 Å². The Bertz CT molecular complexity index is 414. The second-order valence-corrected chi connectivity index (χ2v) is 6.07. The maximum Gasteiger partial charge on any atom is 0.273 e. The molecule has 6 heteroatoms. The van der Waals surface area contributed by atoms with Gasteiger partial charge in [-0.15, -0.1) is 0 Å². The Balaban J connectivity index is 1.84. The lowest BCUT2D eigenvalue weighted by atomic mass is 9.93. The van der Waals surface area contributed by atoms with Crippen LogP contribution in [0, 0.1) is 0 Å². The van der Waals surface area contributed by atoms with Crippen molar-refractivity contribution in [3.63, 3.8) is 0 Å². The highest BCUT2D eigenvalue weighted by Gasteiger charge is 2.22. The fourth-order valence-electron chi connectivity index (χ4n) is 2.17. The third-order valence-corrected chi connectivity index (χ3v) is 4.17. The summed E-state index contributed by atoms with van der Waals surface area (Å²) in [6.07, 6.45) is 2.94. The minimum atomic E-state index is -0.210. The molecule has 1 amide bonds. The van der Waals surface area contributed by atoms with E-state index in [4.69, 9.17) is 4.52 Å².